The van der Waals surface area contributed by atoms with E-state index >= 15 is 0 Å². The summed E-state index contributed by atoms with van der Waals surface area (Å²) in [4.78, 5) is 17.6. The topological polar surface area (TPSA) is 82.8 Å². The number of amides is 1. The zero-order chi connectivity index (χ0) is 19.6. The van der Waals surface area contributed by atoms with E-state index < -0.39 is 6.09 Å². The highest BCUT2D eigenvalue weighted by Crippen LogP contribution is 2.28. The number of nitrogens with zero attached hydrogens (tertiary/aromatic N) is 4. The Morgan fingerprint density at radius 1 is 1.48 bits per heavy atom. The number of hydrogen-bond acceptors (Lipinski definition) is 4. The molecule has 8 heteroatoms. The highest BCUT2D eigenvalue weighted by Gasteiger charge is 2.31. The third-order valence-electron chi connectivity index (χ3n) is 5.29. The maximum absolute atomic E-state index is 11.5. The number of carbonyl (C=O) groups is 1. The summed E-state index contributed by atoms with van der Waals surface area (Å²) in [7, 11) is 0. The largest absolute Gasteiger partial charge is 0.465 e. The lowest BCUT2D eigenvalue weighted by Gasteiger charge is -2.38. The molecule has 0 aliphatic carbocycles. The molecule has 148 valence electrons. The molecule has 2 atom stereocenters. The van der Waals surface area contributed by atoms with Crippen molar-refractivity contribution in [3.05, 3.63) is 23.0 Å². The second kappa shape index (κ2) is 8.33. The van der Waals surface area contributed by atoms with Crippen molar-refractivity contribution >= 4 is 29.2 Å². The number of anilines is 1. The van der Waals surface area contributed by atoms with E-state index in [-0.39, 0.29) is 12.1 Å². The third kappa shape index (κ3) is 4.29. The van der Waals surface area contributed by atoms with E-state index in [1.165, 1.54) is 0 Å². The van der Waals surface area contributed by atoms with Gasteiger partial charge in [-0.25, -0.2) is 9.78 Å². The molecule has 0 spiro atoms. The molecule has 0 saturated carbocycles. The van der Waals surface area contributed by atoms with E-state index in [0.29, 0.717) is 17.6 Å². The predicted molar refractivity (Wildman–Crippen MR) is 107 cm³/mol. The van der Waals surface area contributed by atoms with Gasteiger partial charge in [-0.15, -0.1) is 0 Å². The van der Waals surface area contributed by atoms with E-state index in [2.05, 4.69) is 36.2 Å². The van der Waals surface area contributed by atoms with Crippen molar-refractivity contribution in [3.63, 3.8) is 0 Å². The lowest BCUT2D eigenvalue weighted by atomic mass is 9.93. The van der Waals surface area contributed by atoms with Crippen LogP contribution in [0.4, 0.5) is 10.6 Å². The first-order valence-corrected chi connectivity index (χ1v) is 10.1. The monoisotopic (exact) mass is 393 g/mol. The molecule has 1 aliphatic heterocycles. The minimum Gasteiger partial charge on any atom is -0.465 e. The SMILES string of the molecule is CCCCC1CC(Nc2cc(Cl)nc3c(C(C)C)cnn23)CCN1C(=O)O. The number of halogens is 1. The average Bonchev–Trinajstić information content (AvgIpc) is 3.04. The molecule has 27 heavy (non-hydrogen) atoms. The number of carboxylic acid groups (broad SMARTS) is 1. The molecule has 0 bridgehead atoms. The number of rotatable bonds is 6. The van der Waals surface area contributed by atoms with Crippen LogP contribution in [0, 0.1) is 0 Å². The summed E-state index contributed by atoms with van der Waals surface area (Å²) in [5, 5.41) is 17.9. The van der Waals surface area contributed by atoms with Gasteiger partial charge in [-0.2, -0.15) is 9.61 Å². The van der Waals surface area contributed by atoms with Gasteiger partial charge in [-0.1, -0.05) is 45.2 Å². The van der Waals surface area contributed by atoms with E-state index in [1.807, 2.05) is 6.20 Å². The van der Waals surface area contributed by atoms with Crippen LogP contribution in [0.25, 0.3) is 5.65 Å². The minimum atomic E-state index is -0.822. The van der Waals surface area contributed by atoms with E-state index in [4.69, 9.17) is 11.6 Å². The van der Waals surface area contributed by atoms with Gasteiger partial charge in [-0.05, 0) is 25.2 Å². The lowest BCUT2D eigenvalue weighted by molar-refractivity contribution is 0.0992. The molecule has 1 saturated heterocycles. The second-order valence-electron chi connectivity index (χ2n) is 7.59. The summed E-state index contributed by atoms with van der Waals surface area (Å²) >= 11 is 6.26. The molecular weight excluding hydrogens is 366 g/mol. The molecule has 0 radical (unpaired) electrons. The predicted octanol–water partition coefficient (Wildman–Crippen LogP) is 4.62. The van der Waals surface area contributed by atoms with Crippen LogP contribution >= 0.6 is 11.6 Å². The van der Waals surface area contributed by atoms with E-state index in [0.717, 1.165) is 49.1 Å². The maximum Gasteiger partial charge on any atom is 0.407 e. The number of nitrogens with one attached hydrogen (secondary N) is 1. The van der Waals surface area contributed by atoms with Crippen LogP contribution in [-0.4, -0.2) is 49.3 Å². The maximum atomic E-state index is 11.5. The zero-order valence-corrected chi connectivity index (χ0v) is 16.9. The van der Waals surface area contributed by atoms with Crippen LogP contribution < -0.4 is 5.32 Å². The number of likely N-dealkylation sites (tertiary alicyclic amines) is 1. The molecule has 7 nitrogen and oxygen atoms in total. The minimum absolute atomic E-state index is 0.0466. The van der Waals surface area contributed by atoms with Crippen LogP contribution in [0.3, 0.4) is 0 Å². The Hall–Kier alpha value is -2.02. The fourth-order valence-electron chi connectivity index (χ4n) is 3.82. The standard InChI is InChI=1S/C19H28ClN5O2/c1-4-5-6-14-9-13(7-8-24(14)19(26)27)22-17-10-16(20)23-18-15(12(2)3)11-21-25(17)18/h10-14,22H,4-9H2,1-3H3,(H,26,27). The quantitative estimate of drug-likeness (QED) is 0.699. The molecule has 0 aromatic carbocycles. The van der Waals surface area contributed by atoms with Gasteiger partial charge in [0.05, 0.1) is 6.20 Å². The molecule has 2 unspecified atom stereocenters. The number of unbranched alkanes of at least 4 members (excludes halogenated alkanes) is 1. The molecule has 2 aromatic heterocycles. The van der Waals surface area contributed by atoms with E-state index in [1.54, 1.807) is 15.5 Å². The van der Waals surface area contributed by atoms with Gasteiger partial charge in [0.2, 0.25) is 0 Å². The summed E-state index contributed by atoms with van der Waals surface area (Å²) in [6.45, 7) is 6.88. The lowest BCUT2D eigenvalue weighted by Crippen LogP contribution is -2.48. The number of hydrogen-bond donors (Lipinski definition) is 2. The summed E-state index contributed by atoms with van der Waals surface area (Å²) < 4.78 is 1.80. The Morgan fingerprint density at radius 2 is 2.26 bits per heavy atom. The van der Waals surface area contributed by atoms with Gasteiger partial charge in [-0.3, -0.25) is 0 Å². The summed E-state index contributed by atoms with van der Waals surface area (Å²) in [5.41, 5.74) is 1.83. The Morgan fingerprint density at radius 3 is 2.93 bits per heavy atom. The smallest absolute Gasteiger partial charge is 0.407 e. The molecule has 1 aliphatic rings. The van der Waals surface area contributed by atoms with E-state index in [9.17, 15) is 9.90 Å². The number of fused-ring (bicyclic) bond motifs is 1. The third-order valence-corrected chi connectivity index (χ3v) is 5.49. The van der Waals surface area contributed by atoms with Gasteiger partial charge in [0.1, 0.15) is 11.0 Å². The molecule has 2 aromatic rings. The van der Waals surface area contributed by atoms with Gasteiger partial charge in [0.25, 0.3) is 0 Å². The van der Waals surface area contributed by atoms with Crippen molar-refractivity contribution in [3.8, 4) is 0 Å². The Kier molecular flexibility index (Phi) is 6.09. The second-order valence-corrected chi connectivity index (χ2v) is 7.98. The first-order chi connectivity index (χ1) is 12.9. The number of piperidine rings is 1. The highest BCUT2D eigenvalue weighted by atomic mass is 35.5. The van der Waals surface area contributed by atoms with Crippen molar-refractivity contribution in [2.75, 3.05) is 11.9 Å². The zero-order valence-electron chi connectivity index (χ0n) is 16.2. The van der Waals surface area contributed by atoms with Gasteiger partial charge in [0.15, 0.2) is 5.65 Å². The fraction of sp³-hybridized carbons (Fsp3) is 0.632. The summed E-state index contributed by atoms with van der Waals surface area (Å²) in [6, 6.07) is 2.01. The summed E-state index contributed by atoms with van der Waals surface area (Å²) in [6.07, 6.45) is 5.55. The van der Waals surface area contributed by atoms with Crippen LogP contribution in [0.15, 0.2) is 12.3 Å². The average molecular weight is 394 g/mol. The van der Waals surface area contributed by atoms with Gasteiger partial charge >= 0.3 is 6.09 Å². The molecule has 3 heterocycles. The van der Waals surface area contributed by atoms with Crippen LogP contribution in [0.5, 0.6) is 0 Å². The van der Waals surface area contributed by atoms with Gasteiger partial charge < -0.3 is 15.3 Å². The van der Waals surface area contributed by atoms with Crippen molar-refractivity contribution in [2.24, 2.45) is 0 Å². The first kappa shape index (κ1) is 19.7. The Labute approximate surface area is 164 Å². The van der Waals surface area contributed by atoms with Crippen LogP contribution in [0.1, 0.15) is 64.4 Å². The van der Waals surface area contributed by atoms with Crippen LogP contribution in [0.2, 0.25) is 5.15 Å². The summed E-state index contributed by atoms with van der Waals surface area (Å²) in [5.74, 6) is 1.11. The molecule has 1 fully saturated rings. The highest BCUT2D eigenvalue weighted by molar-refractivity contribution is 6.29. The van der Waals surface area contributed by atoms with Crippen molar-refractivity contribution < 1.29 is 9.90 Å². The van der Waals surface area contributed by atoms with Gasteiger partial charge in [0, 0.05) is 30.3 Å². The Bertz CT molecular complexity index is 807. The first-order valence-electron chi connectivity index (χ1n) is 9.71. The Balaban J connectivity index is 1.81. The van der Waals surface area contributed by atoms with Crippen LogP contribution in [-0.2, 0) is 0 Å². The van der Waals surface area contributed by atoms with Crippen molar-refractivity contribution in [1.82, 2.24) is 19.5 Å². The molecule has 1 amide bonds. The van der Waals surface area contributed by atoms with Crippen molar-refractivity contribution in [2.45, 2.75) is 70.9 Å². The molecular formula is C19H28ClN5O2. The normalized spacial score (nSPS) is 20.4. The fourth-order valence-corrected chi connectivity index (χ4v) is 4.00. The molecule has 3 rings (SSSR count). The van der Waals surface area contributed by atoms with Crippen molar-refractivity contribution in [1.29, 1.82) is 0 Å². The number of aromatic nitrogens is 3. The molecule has 2 N–H and O–H groups in total.